The third kappa shape index (κ3) is 3.66. The van der Waals surface area contributed by atoms with Gasteiger partial charge >= 0.3 is 0 Å². The molecule has 2 aromatic rings. The van der Waals surface area contributed by atoms with Crippen LogP contribution in [0.4, 0.5) is 11.5 Å². The zero-order valence-electron chi connectivity index (χ0n) is 11.9. The van der Waals surface area contributed by atoms with Crippen LogP contribution in [0.25, 0.3) is 0 Å². The molecule has 21 heavy (non-hydrogen) atoms. The zero-order valence-corrected chi connectivity index (χ0v) is 12.6. The quantitative estimate of drug-likeness (QED) is 0.885. The fourth-order valence-electron chi connectivity index (χ4n) is 1.86. The minimum Gasteiger partial charge on any atom is -0.364 e. The maximum atomic E-state index is 11.6. The molecule has 0 saturated carbocycles. The second-order valence-electron chi connectivity index (χ2n) is 4.65. The molecule has 0 aliphatic heterocycles. The average Bonchev–Trinajstić information content (AvgIpc) is 2.41. The molecule has 0 unspecified atom stereocenters. The molecular formula is C14H16ClN5O. The number of nitrogens with two attached hydrogens (primary N) is 1. The number of pyridine rings is 1. The largest absolute Gasteiger partial charge is 0.364 e. The summed E-state index contributed by atoms with van der Waals surface area (Å²) in [6.07, 6.45) is 4.83. The average molecular weight is 306 g/mol. The van der Waals surface area contributed by atoms with Gasteiger partial charge in [-0.15, -0.1) is 0 Å². The van der Waals surface area contributed by atoms with Crippen molar-refractivity contribution in [1.82, 2.24) is 15.0 Å². The predicted molar refractivity (Wildman–Crippen MR) is 81.8 cm³/mol. The van der Waals surface area contributed by atoms with Gasteiger partial charge < -0.3 is 11.1 Å². The number of rotatable bonds is 5. The van der Waals surface area contributed by atoms with Crippen LogP contribution < -0.4 is 11.1 Å². The summed E-state index contributed by atoms with van der Waals surface area (Å²) >= 11 is 6.10. The number of hydrogen-bond donors (Lipinski definition) is 2. The van der Waals surface area contributed by atoms with E-state index < -0.39 is 5.91 Å². The number of nitrogens with one attached hydrogen (secondary N) is 1. The zero-order chi connectivity index (χ0) is 15.4. The number of carbonyl (C=O) groups is 1. The molecule has 0 aliphatic carbocycles. The number of primary amides is 1. The van der Waals surface area contributed by atoms with Gasteiger partial charge in [0.05, 0.1) is 17.6 Å². The van der Waals surface area contributed by atoms with Crippen molar-refractivity contribution >= 4 is 29.0 Å². The van der Waals surface area contributed by atoms with Crippen LogP contribution in [0.3, 0.4) is 0 Å². The number of aromatic nitrogens is 3. The lowest BCUT2D eigenvalue weighted by Crippen LogP contribution is -2.18. The van der Waals surface area contributed by atoms with Crippen LogP contribution in [0.1, 0.15) is 35.1 Å². The van der Waals surface area contributed by atoms with Crippen LogP contribution in [0.5, 0.6) is 0 Å². The highest BCUT2D eigenvalue weighted by molar-refractivity contribution is 6.30. The van der Waals surface area contributed by atoms with Gasteiger partial charge in [-0.3, -0.25) is 9.78 Å². The highest BCUT2D eigenvalue weighted by Gasteiger charge is 2.16. The van der Waals surface area contributed by atoms with Gasteiger partial charge in [-0.25, -0.2) is 9.97 Å². The minimum absolute atomic E-state index is 0.0735. The van der Waals surface area contributed by atoms with Crippen molar-refractivity contribution in [2.45, 2.75) is 26.7 Å². The Morgan fingerprint density at radius 1 is 1.38 bits per heavy atom. The minimum atomic E-state index is -0.653. The van der Waals surface area contributed by atoms with E-state index in [1.807, 2.05) is 19.9 Å². The number of halogens is 1. The molecule has 0 aromatic carbocycles. The second kappa shape index (κ2) is 6.49. The lowest BCUT2D eigenvalue weighted by Gasteiger charge is -2.11. The normalized spacial score (nSPS) is 10.4. The summed E-state index contributed by atoms with van der Waals surface area (Å²) < 4.78 is 0. The maximum Gasteiger partial charge on any atom is 0.271 e. The number of anilines is 2. The molecule has 1 amide bonds. The molecule has 2 aromatic heterocycles. The van der Waals surface area contributed by atoms with Crippen molar-refractivity contribution in [3.63, 3.8) is 0 Å². The van der Waals surface area contributed by atoms with Gasteiger partial charge in [0.25, 0.3) is 5.91 Å². The third-order valence-corrected chi connectivity index (χ3v) is 3.08. The lowest BCUT2D eigenvalue weighted by atomic mass is 10.2. The van der Waals surface area contributed by atoms with Gasteiger partial charge in [-0.05, 0) is 25.0 Å². The first kappa shape index (κ1) is 15.2. The summed E-state index contributed by atoms with van der Waals surface area (Å²) in [6, 6.07) is 1.87. The van der Waals surface area contributed by atoms with Gasteiger partial charge in [-0.2, -0.15) is 0 Å². The van der Waals surface area contributed by atoms with Crippen molar-refractivity contribution < 1.29 is 4.79 Å². The number of amides is 1. The molecule has 0 atom stereocenters. The predicted octanol–water partition coefficient (Wildman–Crippen LogP) is 2.63. The number of hydrogen-bond acceptors (Lipinski definition) is 5. The van der Waals surface area contributed by atoms with Gasteiger partial charge in [0.1, 0.15) is 0 Å². The lowest BCUT2D eigenvalue weighted by molar-refractivity contribution is 0.0996. The highest BCUT2D eigenvalue weighted by Crippen LogP contribution is 2.22. The van der Waals surface area contributed by atoms with E-state index >= 15 is 0 Å². The van der Waals surface area contributed by atoms with Crippen LogP contribution in [0, 0.1) is 6.92 Å². The van der Waals surface area contributed by atoms with E-state index in [1.165, 1.54) is 0 Å². The van der Waals surface area contributed by atoms with Crippen molar-refractivity contribution in [3.05, 3.63) is 40.6 Å². The monoisotopic (exact) mass is 305 g/mol. The second-order valence-corrected chi connectivity index (χ2v) is 5.01. The summed E-state index contributed by atoms with van der Waals surface area (Å²) in [5.41, 5.74) is 7.68. The molecule has 0 saturated heterocycles. The molecule has 110 valence electrons. The fourth-order valence-corrected chi connectivity index (χ4v) is 2.09. The Morgan fingerprint density at radius 2 is 2.14 bits per heavy atom. The molecule has 0 radical (unpaired) electrons. The molecule has 6 nitrogen and oxygen atoms in total. The Morgan fingerprint density at radius 3 is 2.76 bits per heavy atom. The van der Waals surface area contributed by atoms with E-state index in [0.717, 1.165) is 12.0 Å². The Hall–Kier alpha value is -2.21. The maximum absolute atomic E-state index is 11.6. The first-order chi connectivity index (χ1) is 10.0. The van der Waals surface area contributed by atoms with Gasteiger partial charge in [0.15, 0.2) is 16.7 Å². The summed E-state index contributed by atoms with van der Waals surface area (Å²) in [6.45, 7) is 3.91. The van der Waals surface area contributed by atoms with Crippen molar-refractivity contribution in [3.8, 4) is 0 Å². The Balaban J connectivity index is 2.42. The van der Waals surface area contributed by atoms with Crippen molar-refractivity contribution in [1.29, 1.82) is 0 Å². The SMILES string of the molecule is CCCc1nc(C(N)=O)c(Nc2cncc(C)c2)nc1Cl. The van der Waals surface area contributed by atoms with Crippen molar-refractivity contribution in [2.75, 3.05) is 5.32 Å². The van der Waals surface area contributed by atoms with E-state index in [1.54, 1.807) is 12.4 Å². The molecule has 2 rings (SSSR count). The molecule has 0 spiro atoms. The number of nitrogens with zero attached hydrogens (tertiary/aromatic N) is 3. The molecule has 2 heterocycles. The highest BCUT2D eigenvalue weighted by atomic mass is 35.5. The molecule has 0 fully saturated rings. The fraction of sp³-hybridized carbons (Fsp3) is 0.286. The van der Waals surface area contributed by atoms with E-state index in [9.17, 15) is 4.79 Å². The first-order valence-electron chi connectivity index (χ1n) is 6.56. The first-order valence-corrected chi connectivity index (χ1v) is 6.94. The molecule has 0 aliphatic rings. The van der Waals surface area contributed by atoms with Crippen LogP contribution in [-0.2, 0) is 6.42 Å². The van der Waals surface area contributed by atoms with E-state index in [4.69, 9.17) is 17.3 Å². The Labute approximate surface area is 127 Å². The number of aryl methyl sites for hydroxylation is 2. The third-order valence-electron chi connectivity index (χ3n) is 2.78. The summed E-state index contributed by atoms with van der Waals surface area (Å²) in [5.74, 6) is -0.417. The van der Waals surface area contributed by atoms with Crippen molar-refractivity contribution in [2.24, 2.45) is 5.73 Å². The summed E-state index contributed by atoms with van der Waals surface area (Å²) in [5, 5.41) is 3.25. The molecule has 7 heteroatoms. The van der Waals surface area contributed by atoms with E-state index in [-0.39, 0.29) is 16.7 Å². The van der Waals surface area contributed by atoms with Crippen LogP contribution >= 0.6 is 11.6 Å². The number of carbonyl (C=O) groups excluding carboxylic acids is 1. The van der Waals surface area contributed by atoms with Crippen LogP contribution in [-0.4, -0.2) is 20.9 Å². The molecule has 3 N–H and O–H groups in total. The summed E-state index contributed by atoms with van der Waals surface area (Å²) in [7, 11) is 0. The topological polar surface area (TPSA) is 93.8 Å². The van der Waals surface area contributed by atoms with Gasteiger partial charge in [0, 0.05) is 6.20 Å². The van der Waals surface area contributed by atoms with Gasteiger partial charge in [-0.1, -0.05) is 24.9 Å². The van der Waals surface area contributed by atoms with E-state index in [2.05, 4.69) is 20.3 Å². The van der Waals surface area contributed by atoms with Gasteiger partial charge in [0.2, 0.25) is 0 Å². The van der Waals surface area contributed by atoms with Crippen LogP contribution in [0.15, 0.2) is 18.5 Å². The Bertz CT molecular complexity index is 674. The molecular weight excluding hydrogens is 290 g/mol. The smallest absolute Gasteiger partial charge is 0.271 e. The van der Waals surface area contributed by atoms with Crippen LogP contribution in [0.2, 0.25) is 5.15 Å². The Kier molecular flexibility index (Phi) is 4.70. The summed E-state index contributed by atoms with van der Waals surface area (Å²) in [4.78, 5) is 24.1. The van der Waals surface area contributed by atoms with E-state index in [0.29, 0.717) is 17.8 Å². The molecule has 0 bridgehead atoms. The standard InChI is InChI=1S/C14H16ClN5O/c1-3-4-10-12(15)20-14(11(19-10)13(16)21)18-9-5-8(2)6-17-7-9/h5-7H,3-4H2,1-2H3,(H2,16,21)(H,18,20).